The molecule has 2 N–H and O–H groups in total. The van der Waals surface area contributed by atoms with Gasteiger partial charge in [0.15, 0.2) is 0 Å². The normalized spacial score (nSPS) is 18.8. The molecule has 0 spiro atoms. The van der Waals surface area contributed by atoms with Crippen LogP contribution in [0.25, 0.3) is 0 Å². The number of anilines is 1. The van der Waals surface area contributed by atoms with Crippen molar-refractivity contribution in [2.75, 3.05) is 37.5 Å². The predicted octanol–water partition coefficient (Wildman–Crippen LogP) is 3.69. The molecule has 0 unspecified atom stereocenters. The van der Waals surface area contributed by atoms with Crippen LogP contribution in [0.2, 0.25) is 0 Å². The molecule has 164 valence electrons. The quantitative estimate of drug-likeness (QED) is 0.475. The zero-order valence-electron chi connectivity index (χ0n) is 17.7. The minimum absolute atomic E-state index is 0.182. The first-order chi connectivity index (χ1) is 14.0. The van der Waals surface area contributed by atoms with Gasteiger partial charge >= 0.3 is 10.2 Å². The van der Waals surface area contributed by atoms with E-state index < -0.39 is 10.2 Å². The van der Waals surface area contributed by atoms with Crippen LogP contribution in [0.1, 0.15) is 56.9 Å². The monoisotopic (exact) mass is 423 g/mol. The molecule has 3 rings (SSSR count). The van der Waals surface area contributed by atoms with Gasteiger partial charge in [-0.25, -0.2) is 0 Å². The smallest absolute Gasteiger partial charge is 0.301 e. The number of rotatable bonds is 13. The van der Waals surface area contributed by atoms with Crippen molar-refractivity contribution in [2.45, 2.75) is 64.4 Å². The second kappa shape index (κ2) is 11.3. The Kier molecular flexibility index (Phi) is 8.78. The van der Waals surface area contributed by atoms with E-state index in [1.54, 1.807) is 12.1 Å². The summed E-state index contributed by atoms with van der Waals surface area (Å²) in [5, 5.41) is 3.53. The second-order valence-electron chi connectivity index (χ2n) is 8.50. The number of piperidine rings is 1. The van der Waals surface area contributed by atoms with Crippen LogP contribution in [0, 0.1) is 12.8 Å². The largest absolute Gasteiger partial charge is 0.378 e. The summed E-state index contributed by atoms with van der Waals surface area (Å²) in [6, 6.07) is 7.41. The van der Waals surface area contributed by atoms with Crippen molar-refractivity contribution in [1.82, 2.24) is 9.62 Å². The second-order valence-corrected chi connectivity index (χ2v) is 10.2. The summed E-state index contributed by atoms with van der Waals surface area (Å²) in [4.78, 5) is 0. The van der Waals surface area contributed by atoms with Crippen molar-refractivity contribution in [3.8, 4) is 0 Å². The van der Waals surface area contributed by atoms with E-state index in [0.29, 0.717) is 18.8 Å². The molecule has 7 heteroatoms. The van der Waals surface area contributed by atoms with Gasteiger partial charge in [0, 0.05) is 25.4 Å². The third-order valence-electron chi connectivity index (χ3n) is 5.77. The fraction of sp³-hybridized carbons (Fsp3) is 0.727. The molecule has 1 saturated heterocycles. The minimum atomic E-state index is -3.49. The molecular formula is C22H37N3O3S. The SMILES string of the molecule is Cc1ccc(NS(=O)(=O)N2CCC(OCCCCCCNCC3CC3)CC2)cc1. The lowest BCUT2D eigenvalue weighted by atomic mass is 10.1. The van der Waals surface area contributed by atoms with E-state index in [0.717, 1.165) is 43.9 Å². The number of hydrogen-bond acceptors (Lipinski definition) is 4. The van der Waals surface area contributed by atoms with Gasteiger partial charge in [-0.1, -0.05) is 30.5 Å². The maximum Gasteiger partial charge on any atom is 0.301 e. The van der Waals surface area contributed by atoms with Crippen LogP contribution in [-0.2, 0) is 14.9 Å². The summed E-state index contributed by atoms with van der Waals surface area (Å²) in [6.45, 7) is 6.14. The van der Waals surface area contributed by atoms with Gasteiger partial charge in [0.25, 0.3) is 0 Å². The summed E-state index contributed by atoms with van der Waals surface area (Å²) in [5.41, 5.74) is 1.72. The molecule has 1 aliphatic carbocycles. The van der Waals surface area contributed by atoms with Gasteiger partial charge in [0.2, 0.25) is 0 Å². The van der Waals surface area contributed by atoms with E-state index >= 15 is 0 Å². The number of nitrogens with zero attached hydrogens (tertiary/aromatic N) is 1. The van der Waals surface area contributed by atoms with Gasteiger partial charge < -0.3 is 10.1 Å². The van der Waals surface area contributed by atoms with Crippen LogP contribution in [-0.4, -0.2) is 51.6 Å². The molecular weight excluding hydrogens is 386 g/mol. The molecule has 2 fully saturated rings. The topological polar surface area (TPSA) is 70.7 Å². The number of hydrogen-bond donors (Lipinski definition) is 2. The van der Waals surface area contributed by atoms with Crippen LogP contribution in [0.3, 0.4) is 0 Å². The lowest BCUT2D eigenvalue weighted by Gasteiger charge is -2.31. The Balaban J connectivity index is 1.23. The highest BCUT2D eigenvalue weighted by Crippen LogP contribution is 2.27. The van der Waals surface area contributed by atoms with Crippen molar-refractivity contribution < 1.29 is 13.2 Å². The molecule has 6 nitrogen and oxygen atoms in total. The molecule has 0 atom stereocenters. The summed E-state index contributed by atoms with van der Waals surface area (Å²) < 4.78 is 35.3. The summed E-state index contributed by atoms with van der Waals surface area (Å²) in [7, 11) is -3.49. The minimum Gasteiger partial charge on any atom is -0.378 e. The van der Waals surface area contributed by atoms with Crippen molar-refractivity contribution in [2.24, 2.45) is 5.92 Å². The molecule has 1 aromatic rings. The van der Waals surface area contributed by atoms with Crippen molar-refractivity contribution in [1.29, 1.82) is 0 Å². The third-order valence-corrected chi connectivity index (χ3v) is 7.31. The Morgan fingerprint density at radius 2 is 1.69 bits per heavy atom. The first-order valence-corrected chi connectivity index (χ1v) is 12.6. The van der Waals surface area contributed by atoms with E-state index in [1.807, 2.05) is 19.1 Å². The number of ether oxygens (including phenoxy) is 1. The van der Waals surface area contributed by atoms with Gasteiger partial charge in [-0.3, -0.25) is 4.72 Å². The van der Waals surface area contributed by atoms with Gasteiger partial charge in [0.05, 0.1) is 6.10 Å². The molecule has 29 heavy (non-hydrogen) atoms. The van der Waals surface area contributed by atoms with Crippen molar-refractivity contribution >= 4 is 15.9 Å². The van der Waals surface area contributed by atoms with Crippen LogP contribution < -0.4 is 10.0 Å². The molecule has 0 aromatic heterocycles. The lowest BCUT2D eigenvalue weighted by molar-refractivity contribution is 0.0193. The Bertz CT molecular complexity index is 697. The summed E-state index contributed by atoms with van der Waals surface area (Å²) in [6.07, 6.45) is 9.34. The number of unbranched alkanes of at least 4 members (excludes halogenated alkanes) is 3. The van der Waals surface area contributed by atoms with E-state index in [4.69, 9.17) is 4.74 Å². The molecule has 2 aliphatic rings. The molecule has 1 aliphatic heterocycles. The fourth-order valence-electron chi connectivity index (χ4n) is 3.66. The highest BCUT2D eigenvalue weighted by molar-refractivity contribution is 7.90. The van der Waals surface area contributed by atoms with Crippen LogP contribution >= 0.6 is 0 Å². The average Bonchev–Trinajstić information content (AvgIpc) is 3.53. The van der Waals surface area contributed by atoms with Gasteiger partial charge in [0.1, 0.15) is 0 Å². The van der Waals surface area contributed by atoms with Crippen molar-refractivity contribution in [3.63, 3.8) is 0 Å². The highest BCUT2D eigenvalue weighted by Gasteiger charge is 2.28. The Labute approximate surface area is 176 Å². The molecule has 0 amide bonds. The zero-order valence-corrected chi connectivity index (χ0v) is 18.6. The Morgan fingerprint density at radius 1 is 1.00 bits per heavy atom. The molecule has 1 aromatic carbocycles. The molecule has 1 saturated carbocycles. The number of aryl methyl sites for hydroxylation is 1. The molecule has 1 heterocycles. The highest BCUT2D eigenvalue weighted by atomic mass is 32.2. The van der Waals surface area contributed by atoms with Crippen LogP contribution in [0.5, 0.6) is 0 Å². The Morgan fingerprint density at radius 3 is 2.38 bits per heavy atom. The van der Waals surface area contributed by atoms with Gasteiger partial charge in [-0.15, -0.1) is 0 Å². The van der Waals surface area contributed by atoms with Crippen LogP contribution in [0.4, 0.5) is 5.69 Å². The Hall–Kier alpha value is -1.15. The fourth-order valence-corrected chi connectivity index (χ4v) is 4.91. The maximum absolute atomic E-state index is 12.6. The first kappa shape index (κ1) is 22.5. The standard InChI is InChI=1S/C22H37N3O3S/c1-19-6-10-21(11-7-19)24-29(26,27)25-15-12-22(13-16-25)28-17-5-3-2-4-14-23-18-20-8-9-20/h6-7,10-11,20,22-24H,2-5,8-9,12-18H2,1H3. The van der Waals surface area contributed by atoms with E-state index in [1.165, 1.54) is 43.0 Å². The zero-order chi connectivity index (χ0) is 20.5. The van der Waals surface area contributed by atoms with Crippen molar-refractivity contribution in [3.05, 3.63) is 29.8 Å². The number of benzene rings is 1. The maximum atomic E-state index is 12.6. The summed E-state index contributed by atoms with van der Waals surface area (Å²) in [5.74, 6) is 0.961. The lowest BCUT2D eigenvalue weighted by Crippen LogP contribution is -2.43. The predicted molar refractivity (Wildman–Crippen MR) is 118 cm³/mol. The van der Waals surface area contributed by atoms with E-state index in [-0.39, 0.29) is 6.10 Å². The molecule has 0 radical (unpaired) electrons. The van der Waals surface area contributed by atoms with Crippen LogP contribution in [0.15, 0.2) is 24.3 Å². The average molecular weight is 424 g/mol. The first-order valence-electron chi connectivity index (χ1n) is 11.2. The number of nitrogens with one attached hydrogen (secondary N) is 2. The molecule has 0 bridgehead atoms. The van der Waals surface area contributed by atoms with Gasteiger partial charge in [-0.05, 0) is 76.6 Å². The van der Waals surface area contributed by atoms with E-state index in [2.05, 4.69) is 10.0 Å². The van der Waals surface area contributed by atoms with E-state index in [9.17, 15) is 8.42 Å². The third kappa shape index (κ3) is 8.24. The van der Waals surface area contributed by atoms with Gasteiger partial charge in [-0.2, -0.15) is 12.7 Å². The summed E-state index contributed by atoms with van der Waals surface area (Å²) >= 11 is 0.